The van der Waals surface area contributed by atoms with Gasteiger partial charge < -0.3 is 14.6 Å². The molecule has 0 aliphatic carbocycles. The Morgan fingerprint density at radius 3 is 2.52 bits per heavy atom. The van der Waals surface area contributed by atoms with Crippen LogP contribution in [0.15, 0.2) is 48.5 Å². The molecule has 0 radical (unpaired) electrons. The van der Waals surface area contributed by atoms with Crippen molar-refractivity contribution in [2.45, 2.75) is 68.9 Å². The lowest BCUT2D eigenvalue weighted by Gasteiger charge is -2.37. The Balaban J connectivity index is 1.27. The number of ether oxygens (including phenoxy) is 2. The lowest BCUT2D eigenvalue weighted by molar-refractivity contribution is -0.137. The van der Waals surface area contributed by atoms with Gasteiger partial charge in [0.1, 0.15) is 18.3 Å². The molecule has 2 N–H and O–H groups in total. The minimum Gasteiger partial charge on any atom is -0.481 e. The number of fused-ring (bicyclic) bond motifs is 5. The monoisotopic (exact) mass is 450 g/mol. The van der Waals surface area contributed by atoms with Gasteiger partial charge in [0.05, 0.1) is 5.69 Å². The van der Waals surface area contributed by atoms with E-state index in [4.69, 9.17) is 14.6 Å². The first-order chi connectivity index (χ1) is 16.0. The number of amides is 1. The number of carboxylic acids is 1. The molecule has 2 aromatic carbocycles. The number of nitrogens with one attached hydrogen (secondary N) is 1. The predicted molar refractivity (Wildman–Crippen MR) is 124 cm³/mol. The van der Waals surface area contributed by atoms with Crippen LogP contribution in [0, 0.1) is 0 Å². The molecule has 3 aliphatic heterocycles. The van der Waals surface area contributed by atoms with Crippen LogP contribution in [-0.4, -0.2) is 59.5 Å². The molecule has 2 aromatic rings. The number of likely N-dealkylation sites (N-methyl/N-ethyl adjacent to an activating group) is 1. The van der Waals surface area contributed by atoms with Crippen LogP contribution >= 0.6 is 0 Å². The third-order valence-corrected chi connectivity index (χ3v) is 7.16. The van der Waals surface area contributed by atoms with Gasteiger partial charge in [-0.05, 0) is 43.5 Å². The third kappa shape index (κ3) is 4.75. The van der Waals surface area contributed by atoms with E-state index in [9.17, 15) is 9.59 Å². The highest BCUT2D eigenvalue weighted by atomic mass is 16.6. The molecule has 174 valence electrons. The van der Waals surface area contributed by atoms with Crippen molar-refractivity contribution in [2.75, 3.05) is 12.4 Å². The molecule has 0 saturated carbocycles. The van der Waals surface area contributed by atoms with Gasteiger partial charge >= 0.3 is 12.1 Å². The summed E-state index contributed by atoms with van der Waals surface area (Å²) in [6.07, 6.45) is 4.02. The molecule has 33 heavy (non-hydrogen) atoms. The zero-order valence-electron chi connectivity index (χ0n) is 18.8. The van der Waals surface area contributed by atoms with E-state index >= 15 is 0 Å². The van der Waals surface area contributed by atoms with Crippen LogP contribution in [0.1, 0.15) is 37.7 Å². The van der Waals surface area contributed by atoms with E-state index in [-0.39, 0.29) is 12.5 Å². The fourth-order valence-electron chi connectivity index (χ4n) is 5.41. The molecule has 2 bridgehead atoms. The van der Waals surface area contributed by atoms with E-state index < -0.39 is 12.1 Å². The van der Waals surface area contributed by atoms with Crippen LogP contribution in [-0.2, 0) is 20.7 Å². The van der Waals surface area contributed by atoms with E-state index in [0.717, 1.165) is 42.4 Å². The largest absolute Gasteiger partial charge is 0.481 e. The van der Waals surface area contributed by atoms with Crippen molar-refractivity contribution in [3.8, 4) is 11.1 Å². The number of morpholine rings is 1. The Morgan fingerprint density at radius 2 is 1.82 bits per heavy atom. The maximum atomic E-state index is 12.9. The molecule has 3 heterocycles. The van der Waals surface area contributed by atoms with Crippen molar-refractivity contribution in [2.24, 2.45) is 0 Å². The highest BCUT2D eigenvalue weighted by molar-refractivity contribution is 5.91. The molecule has 5 atom stereocenters. The second-order valence-corrected chi connectivity index (χ2v) is 9.34. The van der Waals surface area contributed by atoms with E-state index in [1.807, 2.05) is 48.5 Å². The van der Waals surface area contributed by atoms with Gasteiger partial charge in [0.15, 0.2) is 0 Å². The normalized spacial score (nSPS) is 27.6. The first-order valence-electron chi connectivity index (χ1n) is 11.7. The number of anilines is 1. The quantitative estimate of drug-likeness (QED) is 0.460. The van der Waals surface area contributed by atoms with Crippen LogP contribution in [0.5, 0.6) is 0 Å². The summed E-state index contributed by atoms with van der Waals surface area (Å²) in [7, 11) is 2.13. The number of hydrogen-bond acceptors (Lipinski definition) is 5. The molecule has 1 unspecified atom stereocenters. The maximum absolute atomic E-state index is 12.9. The van der Waals surface area contributed by atoms with E-state index in [0.29, 0.717) is 36.4 Å². The Labute approximate surface area is 193 Å². The number of aliphatic carboxylic acids is 1. The molecule has 0 aromatic heterocycles. The number of piperidine rings is 1. The third-order valence-electron chi connectivity index (χ3n) is 7.16. The van der Waals surface area contributed by atoms with E-state index in [1.54, 1.807) is 0 Å². The lowest BCUT2D eigenvalue weighted by atomic mass is 9.99. The van der Waals surface area contributed by atoms with Gasteiger partial charge in [-0.3, -0.25) is 15.0 Å². The fourth-order valence-corrected chi connectivity index (χ4v) is 5.41. The number of benzene rings is 2. The molecule has 1 amide bonds. The molecule has 7 heteroatoms. The standard InChI is InChI=1S/C26H30N2O5/c1-28-21-14-18(15-22(28)25-24(21)33-25)32-26(31)27-20-13-16(7-5-6-10-23(29)30)11-12-19(20)17-8-3-2-4-9-17/h2-4,8-9,11-13,18,21-22,24-25H,5-7,10,14-15H2,1H3,(H,27,31)(H,29,30)/t18?,21-,22+,24-,25+. The van der Waals surface area contributed by atoms with Crippen molar-refractivity contribution < 1.29 is 24.2 Å². The van der Waals surface area contributed by atoms with Crippen molar-refractivity contribution >= 4 is 17.7 Å². The average molecular weight is 451 g/mol. The topological polar surface area (TPSA) is 91.4 Å². The van der Waals surface area contributed by atoms with Gasteiger partial charge in [0, 0.05) is 36.9 Å². The smallest absolute Gasteiger partial charge is 0.411 e. The highest BCUT2D eigenvalue weighted by Crippen LogP contribution is 2.48. The van der Waals surface area contributed by atoms with Crippen molar-refractivity contribution in [3.63, 3.8) is 0 Å². The Morgan fingerprint density at radius 1 is 1.09 bits per heavy atom. The van der Waals surface area contributed by atoms with E-state index in [2.05, 4.69) is 17.3 Å². The number of hydrogen-bond donors (Lipinski definition) is 2. The summed E-state index contributed by atoms with van der Waals surface area (Å²) in [5.74, 6) is -0.772. The summed E-state index contributed by atoms with van der Waals surface area (Å²) in [4.78, 5) is 26.0. The summed E-state index contributed by atoms with van der Waals surface area (Å²) < 4.78 is 11.6. The summed E-state index contributed by atoms with van der Waals surface area (Å²) in [5, 5.41) is 11.8. The number of rotatable bonds is 8. The van der Waals surface area contributed by atoms with Crippen molar-refractivity contribution in [3.05, 3.63) is 54.1 Å². The Bertz CT molecular complexity index is 1010. The number of carbonyl (C=O) groups is 2. The fraction of sp³-hybridized carbons (Fsp3) is 0.462. The predicted octanol–water partition coefficient (Wildman–Crippen LogP) is 4.31. The van der Waals surface area contributed by atoms with Crippen LogP contribution in [0.3, 0.4) is 0 Å². The van der Waals surface area contributed by atoms with Gasteiger partial charge in [-0.15, -0.1) is 0 Å². The molecule has 3 fully saturated rings. The summed E-state index contributed by atoms with van der Waals surface area (Å²) >= 11 is 0. The molecule has 3 aliphatic rings. The van der Waals surface area contributed by atoms with Crippen molar-refractivity contribution in [1.82, 2.24) is 4.90 Å². The van der Waals surface area contributed by atoms with Gasteiger partial charge in [-0.1, -0.05) is 42.5 Å². The van der Waals surface area contributed by atoms with Gasteiger partial charge in [-0.25, -0.2) is 4.79 Å². The summed E-state index contributed by atoms with van der Waals surface area (Å²) in [6.45, 7) is 0. The second-order valence-electron chi connectivity index (χ2n) is 9.34. The lowest BCUT2D eigenvalue weighted by Crippen LogP contribution is -2.48. The number of nitrogens with zero attached hydrogens (tertiary/aromatic N) is 1. The number of carboxylic acid groups (broad SMARTS) is 1. The molecule has 3 saturated heterocycles. The molecule has 0 spiro atoms. The van der Waals surface area contributed by atoms with Crippen LogP contribution in [0.25, 0.3) is 11.1 Å². The van der Waals surface area contributed by atoms with Crippen molar-refractivity contribution in [1.29, 1.82) is 0 Å². The van der Waals surface area contributed by atoms with Crippen LogP contribution in [0.4, 0.5) is 10.5 Å². The first kappa shape index (κ1) is 21.9. The number of unbranched alkanes of at least 4 members (excludes halogenated alkanes) is 1. The number of carbonyl (C=O) groups excluding carboxylic acids is 1. The van der Waals surface area contributed by atoms with Crippen LogP contribution < -0.4 is 5.32 Å². The Kier molecular flexibility index (Phi) is 6.08. The molecule has 7 nitrogen and oxygen atoms in total. The number of epoxide rings is 1. The minimum atomic E-state index is -0.772. The number of aryl methyl sites for hydroxylation is 1. The average Bonchev–Trinajstić information content (AvgIpc) is 3.56. The summed E-state index contributed by atoms with van der Waals surface area (Å²) in [5.41, 5.74) is 3.72. The molecular formula is C26H30N2O5. The first-order valence-corrected chi connectivity index (χ1v) is 11.7. The highest BCUT2D eigenvalue weighted by Gasteiger charge is 2.62. The zero-order chi connectivity index (χ0) is 22.9. The molecular weight excluding hydrogens is 420 g/mol. The van der Waals surface area contributed by atoms with Crippen LogP contribution in [0.2, 0.25) is 0 Å². The molecule has 5 rings (SSSR count). The minimum absolute atomic E-state index is 0.105. The maximum Gasteiger partial charge on any atom is 0.411 e. The SMILES string of the molecule is CN1[C@@H]2CC(OC(=O)Nc3cc(CCCCC(=O)O)ccc3-c3ccccc3)C[C@H]1[C@@H]1O[C@@H]12. The van der Waals surface area contributed by atoms with Gasteiger partial charge in [0.25, 0.3) is 0 Å². The van der Waals surface area contributed by atoms with Gasteiger partial charge in [0.2, 0.25) is 0 Å². The summed E-state index contributed by atoms with van der Waals surface area (Å²) in [6, 6.07) is 16.6. The van der Waals surface area contributed by atoms with E-state index in [1.165, 1.54) is 0 Å². The second kappa shape index (κ2) is 9.15. The zero-order valence-corrected chi connectivity index (χ0v) is 18.8. The van der Waals surface area contributed by atoms with Gasteiger partial charge in [-0.2, -0.15) is 0 Å². The Hall–Kier alpha value is -2.90.